The van der Waals surface area contributed by atoms with Crippen LogP contribution < -0.4 is 0 Å². The molecule has 148 valence electrons. The van der Waals surface area contributed by atoms with Gasteiger partial charge in [0.15, 0.2) is 6.79 Å². The molecule has 0 spiro atoms. The van der Waals surface area contributed by atoms with Crippen molar-refractivity contribution in [2.45, 2.75) is 110 Å². The highest BCUT2D eigenvalue weighted by molar-refractivity contribution is 5.48. The van der Waals surface area contributed by atoms with E-state index in [1.807, 2.05) is 0 Å². The van der Waals surface area contributed by atoms with Gasteiger partial charge in [0, 0.05) is 6.42 Å². The zero-order chi connectivity index (χ0) is 18.3. The molecule has 0 aromatic heterocycles. The zero-order valence-corrected chi connectivity index (χ0v) is 16.7. The highest BCUT2D eigenvalue weighted by atomic mass is 16.7. The molecule has 0 aliphatic carbocycles. The van der Waals surface area contributed by atoms with E-state index in [1.54, 1.807) is 6.26 Å². The fourth-order valence-electron chi connectivity index (χ4n) is 2.82. The molecule has 0 rings (SSSR count). The maximum atomic E-state index is 10.2. The second-order valence-electron chi connectivity index (χ2n) is 6.90. The van der Waals surface area contributed by atoms with Crippen LogP contribution in [0.15, 0.2) is 12.3 Å². The molecule has 0 aromatic rings. The first-order valence-electron chi connectivity index (χ1n) is 10.7. The van der Waals surface area contributed by atoms with E-state index in [2.05, 4.69) is 13.0 Å². The summed E-state index contributed by atoms with van der Waals surface area (Å²) in [6.45, 7) is 3.45. The predicted octanol–water partition coefficient (Wildman–Crippen LogP) is 6.95. The summed E-state index contributed by atoms with van der Waals surface area (Å²) >= 11 is 0. The minimum Gasteiger partial charge on any atom is -0.475 e. The number of allylic oxidation sites excluding steroid dienone is 1. The first kappa shape index (κ1) is 24.2. The molecule has 0 saturated heterocycles. The van der Waals surface area contributed by atoms with Crippen molar-refractivity contribution in [2.75, 3.05) is 13.4 Å². The normalized spacial score (nSPS) is 11.2. The minimum atomic E-state index is 0.379. The van der Waals surface area contributed by atoms with Crippen molar-refractivity contribution in [1.29, 1.82) is 0 Å². The summed E-state index contributed by atoms with van der Waals surface area (Å²) in [7, 11) is 0. The van der Waals surface area contributed by atoms with Crippen LogP contribution in [0.3, 0.4) is 0 Å². The molecule has 0 heterocycles. The lowest BCUT2D eigenvalue weighted by Gasteiger charge is -2.04. The Kier molecular flexibility index (Phi) is 22.4. The van der Waals surface area contributed by atoms with Crippen molar-refractivity contribution in [3.05, 3.63) is 12.3 Å². The van der Waals surface area contributed by atoms with E-state index in [1.165, 1.54) is 77.0 Å². The summed E-state index contributed by atoms with van der Waals surface area (Å²) in [5.41, 5.74) is 0. The second kappa shape index (κ2) is 23.2. The highest BCUT2D eigenvalue weighted by Crippen LogP contribution is 2.09. The van der Waals surface area contributed by atoms with Gasteiger partial charge >= 0.3 is 0 Å². The van der Waals surface area contributed by atoms with Gasteiger partial charge in [-0.25, -0.2) is 0 Å². The van der Waals surface area contributed by atoms with Gasteiger partial charge < -0.3 is 14.3 Å². The van der Waals surface area contributed by atoms with Crippen LogP contribution in [0.5, 0.6) is 0 Å². The third kappa shape index (κ3) is 23.2. The van der Waals surface area contributed by atoms with Gasteiger partial charge in [-0.1, -0.05) is 77.6 Å². The van der Waals surface area contributed by atoms with Gasteiger partial charge in [-0.05, 0) is 31.8 Å². The Bertz CT molecular complexity index is 276. The van der Waals surface area contributed by atoms with E-state index in [9.17, 15) is 4.79 Å². The van der Waals surface area contributed by atoms with E-state index in [0.29, 0.717) is 6.79 Å². The van der Waals surface area contributed by atoms with Crippen LogP contribution >= 0.6 is 0 Å². The van der Waals surface area contributed by atoms with Gasteiger partial charge in [0.25, 0.3) is 0 Å². The quantitative estimate of drug-likeness (QED) is 0.0968. The Hall–Kier alpha value is -0.830. The standard InChI is InChI=1S/C22H42O3/c1-2-3-4-5-6-11-14-17-20-24-22-25-21-18-15-12-9-7-8-10-13-16-19-23/h18-19,21H,2-17,20,22H2,1H3. The van der Waals surface area contributed by atoms with Crippen molar-refractivity contribution in [3.8, 4) is 0 Å². The summed E-state index contributed by atoms with van der Waals surface area (Å²) in [6, 6.07) is 0. The van der Waals surface area contributed by atoms with Crippen LogP contribution in [-0.4, -0.2) is 19.7 Å². The lowest BCUT2D eigenvalue weighted by molar-refractivity contribution is -0.107. The maximum Gasteiger partial charge on any atom is 0.188 e. The SMILES string of the molecule is CCCCCCCCCCOCOC=CCCCCCCCCC=O. The summed E-state index contributed by atoms with van der Waals surface area (Å²) in [4.78, 5) is 10.2. The summed E-state index contributed by atoms with van der Waals surface area (Å²) in [5, 5.41) is 0. The third-order valence-corrected chi connectivity index (χ3v) is 4.43. The summed E-state index contributed by atoms with van der Waals surface area (Å²) in [5.74, 6) is 0. The molecular weight excluding hydrogens is 312 g/mol. The van der Waals surface area contributed by atoms with E-state index < -0.39 is 0 Å². The second-order valence-corrected chi connectivity index (χ2v) is 6.90. The molecule has 3 nitrogen and oxygen atoms in total. The van der Waals surface area contributed by atoms with Crippen molar-refractivity contribution in [1.82, 2.24) is 0 Å². The van der Waals surface area contributed by atoms with E-state index in [4.69, 9.17) is 9.47 Å². The van der Waals surface area contributed by atoms with E-state index in [-0.39, 0.29) is 0 Å². The molecule has 0 unspecified atom stereocenters. The van der Waals surface area contributed by atoms with Gasteiger partial charge in [-0.2, -0.15) is 0 Å². The first-order valence-corrected chi connectivity index (χ1v) is 10.7. The average molecular weight is 355 g/mol. The molecular formula is C22H42O3. The van der Waals surface area contributed by atoms with Gasteiger partial charge in [0.05, 0.1) is 12.9 Å². The van der Waals surface area contributed by atoms with Gasteiger partial charge in [0.2, 0.25) is 0 Å². The number of ether oxygens (including phenoxy) is 2. The Labute approximate surface area is 156 Å². The molecule has 0 N–H and O–H groups in total. The van der Waals surface area contributed by atoms with Crippen molar-refractivity contribution < 1.29 is 14.3 Å². The molecule has 0 saturated carbocycles. The monoisotopic (exact) mass is 354 g/mol. The number of hydrogen-bond donors (Lipinski definition) is 0. The minimum absolute atomic E-state index is 0.379. The lowest BCUT2D eigenvalue weighted by atomic mass is 10.1. The molecule has 0 bridgehead atoms. The summed E-state index contributed by atoms with van der Waals surface area (Å²) < 4.78 is 10.8. The van der Waals surface area contributed by atoms with Crippen LogP contribution in [0.4, 0.5) is 0 Å². The predicted molar refractivity (Wildman–Crippen MR) is 107 cm³/mol. The molecule has 3 heteroatoms. The van der Waals surface area contributed by atoms with Crippen molar-refractivity contribution >= 4 is 6.29 Å². The molecule has 0 aliphatic heterocycles. The Morgan fingerprint density at radius 3 is 1.88 bits per heavy atom. The third-order valence-electron chi connectivity index (χ3n) is 4.43. The molecule has 0 aromatic carbocycles. The van der Waals surface area contributed by atoms with E-state index >= 15 is 0 Å². The van der Waals surface area contributed by atoms with Crippen molar-refractivity contribution in [2.24, 2.45) is 0 Å². The average Bonchev–Trinajstić information content (AvgIpc) is 2.63. The van der Waals surface area contributed by atoms with Crippen LogP contribution in [-0.2, 0) is 14.3 Å². The number of carbonyl (C=O) groups excluding carboxylic acids is 1. The molecule has 0 aliphatic rings. The van der Waals surface area contributed by atoms with E-state index in [0.717, 1.165) is 38.6 Å². The summed E-state index contributed by atoms with van der Waals surface area (Å²) in [6.07, 6.45) is 24.6. The number of hydrogen-bond acceptors (Lipinski definition) is 3. The van der Waals surface area contributed by atoms with Crippen LogP contribution in [0, 0.1) is 0 Å². The fraction of sp³-hybridized carbons (Fsp3) is 0.864. The number of aldehydes is 1. The Balaban J connectivity index is 3.05. The molecule has 0 amide bonds. The molecule has 0 radical (unpaired) electrons. The van der Waals surface area contributed by atoms with Gasteiger partial charge in [-0.15, -0.1) is 0 Å². The molecule has 25 heavy (non-hydrogen) atoms. The van der Waals surface area contributed by atoms with Crippen LogP contribution in [0.25, 0.3) is 0 Å². The number of carbonyl (C=O) groups is 1. The maximum absolute atomic E-state index is 10.2. The fourth-order valence-corrected chi connectivity index (χ4v) is 2.82. The Morgan fingerprint density at radius 1 is 0.680 bits per heavy atom. The van der Waals surface area contributed by atoms with Crippen molar-refractivity contribution in [3.63, 3.8) is 0 Å². The Morgan fingerprint density at radius 2 is 1.24 bits per heavy atom. The number of rotatable bonds is 21. The smallest absolute Gasteiger partial charge is 0.188 e. The largest absolute Gasteiger partial charge is 0.475 e. The topological polar surface area (TPSA) is 35.5 Å². The lowest BCUT2D eigenvalue weighted by Crippen LogP contribution is -1.98. The van der Waals surface area contributed by atoms with Crippen LogP contribution in [0.2, 0.25) is 0 Å². The van der Waals surface area contributed by atoms with Gasteiger partial charge in [0.1, 0.15) is 6.29 Å². The molecule has 0 fully saturated rings. The first-order chi connectivity index (χ1) is 12.4. The zero-order valence-electron chi connectivity index (χ0n) is 16.7. The number of unbranched alkanes of at least 4 members (excludes halogenated alkanes) is 14. The van der Waals surface area contributed by atoms with Crippen LogP contribution in [0.1, 0.15) is 110 Å². The molecule has 0 atom stereocenters. The van der Waals surface area contributed by atoms with Gasteiger partial charge in [-0.3, -0.25) is 0 Å². The highest BCUT2D eigenvalue weighted by Gasteiger charge is 1.92.